The van der Waals surface area contributed by atoms with Gasteiger partial charge in [-0.25, -0.2) is 0 Å². The monoisotopic (exact) mass is 104 g/mol. The Bertz CT molecular complexity index is 15.5. The van der Waals surface area contributed by atoms with Crippen molar-refractivity contribution in [2.45, 2.75) is 20.3 Å². The number of thioether (sulfide) groups is 1. The fraction of sp³-hybridized carbons (Fsp3) is 1.00. The second-order valence-corrected chi connectivity index (χ2v) is 2.54. The van der Waals surface area contributed by atoms with Crippen molar-refractivity contribution in [3.05, 3.63) is 0 Å². The fourth-order valence-electron chi connectivity index (χ4n) is 0.510. The standard InChI is InChI=1S/C4H8S.CH4/c1-2-4-5-3-1;/h1-4H2;1H4. The molecule has 0 aromatic rings. The van der Waals surface area contributed by atoms with E-state index < -0.39 is 0 Å². The average Bonchev–Trinajstić information content (AvgIpc) is 1.76. The van der Waals surface area contributed by atoms with E-state index in [1.165, 1.54) is 24.3 Å². The summed E-state index contributed by atoms with van der Waals surface area (Å²) in [7, 11) is 0. The summed E-state index contributed by atoms with van der Waals surface area (Å²) in [6.07, 6.45) is 2.93. The molecule has 0 aliphatic carbocycles. The maximum Gasteiger partial charge on any atom is -0.00672 e. The summed E-state index contributed by atoms with van der Waals surface area (Å²) in [6.45, 7) is 0. The van der Waals surface area contributed by atoms with Gasteiger partial charge in [-0.2, -0.15) is 11.8 Å². The molecule has 0 bridgehead atoms. The zero-order valence-electron chi connectivity index (χ0n) is 3.24. The molecule has 0 aromatic carbocycles. The summed E-state index contributed by atoms with van der Waals surface area (Å²) in [4.78, 5) is 0. The number of hydrogen-bond donors (Lipinski definition) is 0. The first kappa shape index (κ1) is 6.35. The molecule has 1 heteroatoms. The van der Waals surface area contributed by atoms with Gasteiger partial charge in [-0.05, 0) is 24.3 Å². The minimum Gasteiger partial charge on any atom is -0.162 e. The zero-order chi connectivity index (χ0) is 3.54. The van der Waals surface area contributed by atoms with Crippen LogP contribution in [0, 0.1) is 0 Å². The molecule has 1 saturated heterocycles. The third kappa shape index (κ3) is 1.71. The first-order valence-electron chi connectivity index (χ1n) is 2.08. The van der Waals surface area contributed by atoms with Crippen molar-refractivity contribution in [3.8, 4) is 0 Å². The van der Waals surface area contributed by atoms with Crippen molar-refractivity contribution >= 4 is 11.8 Å². The number of hydrogen-bond acceptors (Lipinski definition) is 1. The Balaban J connectivity index is 0.000000250. The number of rotatable bonds is 0. The quantitative estimate of drug-likeness (QED) is 0.454. The third-order valence-electron chi connectivity index (χ3n) is 0.827. The van der Waals surface area contributed by atoms with Gasteiger partial charge in [0.1, 0.15) is 0 Å². The zero-order valence-corrected chi connectivity index (χ0v) is 4.05. The summed E-state index contributed by atoms with van der Waals surface area (Å²) < 4.78 is 0. The highest BCUT2D eigenvalue weighted by atomic mass is 32.2. The van der Waals surface area contributed by atoms with Crippen LogP contribution in [-0.4, -0.2) is 11.5 Å². The van der Waals surface area contributed by atoms with E-state index in [-0.39, 0.29) is 7.43 Å². The molecule has 6 heavy (non-hydrogen) atoms. The van der Waals surface area contributed by atoms with E-state index in [0.29, 0.717) is 0 Å². The summed E-state index contributed by atoms with van der Waals surface area (Å²) >= 11 is 2.07. The Kier molecular flexibility index (Phi) is 3.74. The Hall–Kier alpha value is 0.350. The lowest BCUT2D eigenvalue weighted by molar-refractivity contribution is 0.949. The van der Waals surface area contributed by atoms with Gasteiger partial charge >= 0.3 is 0 Å². The van der Waals surface area contributed by atoms with E-state index in [1.54, 1.807) is 0 Å². The van der Waals surface area contributed by atoms with Gasteiger partial charge in [-0.3, -0.25) is 0 Å². The van der Waals surface area contributed by atoms with Crippen LogP contribution in [0.4, 0.5) is 0 Å². The summed E-state index contributed by atoms with van der Waals surface area (Å²) in [6, 6.07) is 0. The molecule has 1 aliphatic rings. The van der Waals surface area contributed by atoms with Gasteiger partial charge < -0.3 is 0 Å². The molecule has 38 valence electrons. The molecule has 1 aliphatic heterocycles. The van der Waals surface area contributed by atoms with Crippen LogP contribution in [0.5, 0.6) is 0 Å². The molecular weight excluding hydrogens is 92.1 g/mol. The van der Waals surface area contributed by atoms with Crippen LogP contribution < -0.4 is 0 Å². The van der Waals surface area contributed by atoms with Crippen LogP contribution in [0.15, 0.2) is 0 Å². The minimum atomic E-state index is 0. The molecule has 1 fully saturated rings. The molecule has 1 heterocycles. The van der Waals surface area contributed by atoms with Gasteiger partial charge in [0.25, 0.3) is 0 Å². The van der Waals surface area contributed by atoms with E-state index in [4.69, 9.17) is 0 Å². The van der Waals surface area contributed by atoms with Gasteiger partial charge in [0.2, 0.25) is 0 Å². The smallest absolute Gasteiger partial charge is 0.00672 e. The van der Waals surface area contributed by atoms with Crippen LogP contribution in [0.3, 0.4) is 0 Å². The van der Waals surface area contributed by atoms with Gasteiger partial charge in [-0.1, -0.05) is 7.43 Å². The molecule has 1 rings (SSSR count). The third-order valence-corrected chi connectivity index (χ3v) is 1.98. The molecule has 0 saturated carbocycles. The average molecular weight is 104 g/mol. The summed E-state index contributed by atoms with van der Waals surface area (Å²) in [5.74, 6) is 2.83. The normalized spacial score (nSPS) is 20.0. The van der Waals surface area contributed by atoms with Crippen LogP contribution in [0.25, 0.3) is 0 Å². The maximum absolute atomic E-state index is 2.07. The first-order valence-corrected chi connectivity index (χ1v) is 3.23. The highest BCUT2D eigenvalue weighted by Crippen LogP contribution is 2.14. The van der Waals surface area contributed by atoms with Crippen molar-refractivity contribution in [2.24, 2.45) is 0 Å². The predicted molar refractivity (Wildman–Crippen MR) is 33.3 cm³/mol. The van der Waals surface area contributed by atoms with E-state index in [9.17, 15) is 0 Å². The van der Waals surface area contributed by atoms with E-state index in [2.05, 4.69) is 11.8 Å². The summed E-state index contributed by atoms with van der Waals surface area (Å²) in [5, 5.41) is 0. The highest BCUT2D eigenvalue weighted by Gasteiger charge is 1.95. The second kappa shape index (κ2) is 3.54. The van der Waals surface area contributed by atoms with Crippen molar-refractivity contribution in [1.29, 1.82) is 0 Å². The SMILES string of the molecule is C.C1CCSC1. The Morgan fingerprint density at radius 3 is 1.67 bits per heavy atom. The van der Waals surface area contributed by atoms with Gasteiger partial charge in [0.15, 0.2) is 0 Å². The maximum atomic E-state index is 2.07. The highest BCUT2D eigenvalue weighted by molar-refractivity contribution is 7.99. The fourth-order valence-corrected chi connectivity index (χ4v) is 1.53. The van der Waals surface area contributed by atoms with Crippen molar-refractivity contribution in [1.82, 2.24) is 0 Å². The van der Waals surface area contributed by atoms with Crippen LogP contribution >= 0.6 is 11.8 Å². The molecule has 0 nitrogen and oxygen atoms in total. The van der Waals surface area contributed by atoms with E-state index >= 15 is 0 Å². The van der Waals surface area contributed by atoms with Crippen LogP contribution in [0.1, 0.15) is 20.3 Å². The minimum absolute atomic E-state index is 0. The van der Waals surface area contributed by atoms with Crippen LogP contribution in [-0.2, 0) is 0 Å². The van der Waals surface area contributed by atoms with Crippen LogP contribution in [0.2, 0.25) is 0 Å². The molecule has 0 unspecified atom stereocenters. The molecule has 0 aromatic heterocycles. The van der Waals surface area contributed by atoms with Crippen molar-refractivity contribution < 1.29 is 0 Å². The second-order valence-electron chi connectivity index (χ2n) is 1.32. The van der Waals surface area contributed by atoms with Crippen molar-refractivity contribution in [3.63, 3.8) is 0 Å². The first-order chi connectivity index (χ1) is 2.50. The Morgan fingerprint density at radius 2 is 1.50 bits per heavy atom. The molecular formula is C5H12S. The summed E-state index contributed by atoms with van der Waals surface area (Å²) in [5.41, 5.74) is 0. The lowest BCUT2D eigenvalue weighted by atomic mass is 10.4. The Morgan fingerprint density at radius 1 is 1.00 bits per heavy atom. The van der Waals surface area contributed by atoms with Gasteiger partial charge in [0.05, 0.1) is 0 Å². The van der Waals surface area contributed by atoms with Crippen molar-refractivity contribution in [2.75, 3.05) is 11.5 Å². The lowest BCUT2D eigenvalue weighted by Crippen LogP contribution is -1.58. The largest absolute Gasteiger partial charge is 0.162 e. The molecule has 0 radical (unpaired) electrons. The Labute approximate surface area is 44.3 Å². The van der Waals surface area contributed by atoms with Gasteiger partial charge in [-0.15, -0.1) is 0 Å². The van der Waals surface area contributed by atoms with Gasteiger partial charge in [0, 0.05) is 0 Å². The molecule has 0 spiro atoms. The molecule has 0 N–H and O–H groups in total. The van der Waals surface area contributed by atoms with E-state index in [0.717, 1.165) is 0 Å². The lowest BCUT2D eigenvalue weighted by Gasteiger charge is -1.69. The van der Waals surface area contributed by atoms with E-state index in [1.807, 2.05) is 0 Å². The predicted octanol–water partition coefficient (Wildman–Crippen LogP) is 2.15. The molecule has 0 atom stereocenters. The topological polar surface area (TPSA) is 0 Å². The molecule has 0 amide bonds.